The Kier molecular flexibility index (Phi) is 7.17. The highest BCUT2D eigenvalue weighted by molar-refractivity contribution is 8.15. The molecule has 1 N–H and O–H groups in total. The molecule has 3 fully saturated rings. The molecule has 4 aliphatic heterocycles. The molecular formula is C24H30N4O5S. The van der Waals surface area contributed by atoms with E-state index < -0.39 is 5.25 Å². The third kappa shape index (κ3) is 5.29. The van der Waals surface area contributed by atoms with Crippen molar-refractivity contribution >= 4 is 40.3 Å². The Morgan fingerprint density at radius 1 is 1.06 bits per heavy atom. The lowest BCUT2D eigenvalue weighted by Crippen LogP contribution is -2.43. The van der Waals surface area contributed by atoms with Crippen molar-refractivity contribution in [2.45, 2.75) is 43.6 Å². The number of aliphatic imine (C=N–C) groups is 1. The Bertz CT molecular complexity index is 957. The quantitative estimate of drug-likeness (QED) is 0.682. The van der Waals surface area contributed by atoms with Crippen LogP contribution in [-0.2, 0) is 19.1 Å². The molecule has 5 rings (SSSR count). The van der Waals surface area contributed by atoms with Gasteiger partial charge in [-0.25, -0.2) is 0 Å². The van der Waals surface area contributed by atoms with Gasteiger partial charge in [0.2, 0.25) is 5.91 Å². The average Bonchev–Trinajstić information content (AvgIpc) is 3.62. The lowest BCUT2D eigenvalue weighted by molar-refractivity contribution is -0.121. The van der Waals surface area contributed by atoms with Crippen LogP contribution in [0.15, 0.2) is 29.3 Å². The topological polar surface area (TPSA) is 101 Å². The first-order valence-electron chi connectivity index (χ1n) is 12.0. The van der Waals surface area contributed by atoms with Crippen molar-refractivity contribution in [2.24, 2.45) is 10.9 Å². The molecule has 1 aromatic rings. The zero-order valence-electron chi connectivity index (χ0n) is 19.1. The van der Waals surface area contributed by atoms with Gasteiger partial charge in [-0.15, -0.1) is 0 Å². The summed E-state index contributed by atoms with van der Waals surface area (Å²) >= 11 is 1.38. The molecule has 0 spiro atoms. The number of ether oxygens (including phenoxy) is 2. The fourth-order valence-corrected chi connectivity index (χ4v) is 5.99. The van der Waals surface area contributed by atoms with Crippen molar-refractivity contribution in [2.75, 3.05) is 44.7 Å². The van der Waals surface area contributed by atoms with Crippen LogP contribution in [0.5, 0.6) is 0 Å². The van der Waals surface area contributed by atoms with E-state index in [4.69, 9.17) is 9.47 Å². The third-order valence-corrected chi connectivity index (χ3v) is 7.88. The molecule has 34 heavy (non-hydrogen) atoms. The summed E-state index contributed by atoms with van der Waals surface area (Å²) in [6, 6.07) is 6.92. The number of thioether (sulfide) groups is 1. The molecule has 2 atom stereocenters. The number of carbonyl (C=O) groups is 3. The molecule has 1 aromatic carbocycles. The number of likely N-dealkylation sites (tertiary alicyclic amines) is 2. The largest absolute Gasteiger partial charge is 0.351 e. The fraction of sp³-hybridized carbons (Fsp3) is 0.583. The minimum atomic E-state index is -0.476. The zero-order chi connectivity index (χ0) is 23.5. The van der Waals surface area contributed by atoms with Crippen LogP contribution < -0.4 is 5.32 Å². The third-order valence-electron chi connectivity index (χ3n) is 6.67. The number of hydrogen-bond acceptors (Lipinski definition) is 7. The predicted molar refractivity (Wildman–Crippen MR) is 129 cm³/mol. The number of nitrogens with zero attached hydrogens (tertiary/aromatic N) is 3. The molecule has 3 amide bonds. The molecule has 4 heterocycles. The Hall–Kier alpha value is -2.43. The fourth-order valence-electron chi connectivity index (χ4n) is 4.88. The number of amides is 3. The summed E-state index contributed by atoms with van der Waals surface area (Å²) in [5.74, 6) is -0.306. The molecule has 182 valence electrons. The molecule has 3 saturated heterocycles. The zero-order valence-corrected chi connectivity index (χ0v) is 19.9. The second kappa shape index (κ2) is 10.5. The van der Waals surface area contributed by atoms with E-state index in [0.29, 0.717) is 31.0 Å². The van der Waals surface area contributed by atoms with Crippen LogP contribution in [0.3, 0.4) is 0 Å². The Morgan fingerprint density at radius 3 is 2.53 bits per heavy atom. The van der Waals surface area contributed by atoms with Crippen molar-refractivity contribution in [3.05, 3.63) is 29.8 Å². The van der Waals surface area contributed by atoms with E-state index in [0.717, 1.165) is 50.5 Å². The average molecular weight is 487 g/mol. The Morgan fingerprint density at radius 2 is 1.79 bits per heavy atom. The number of nitrogens with one attached hydrogen (secondary N) is 1. The lowest BCUT2D eigenvalue weighted by atomic mass is 9.96. The summed E-state index contributed by atoms with van der Waals surface area (Å²) < 4.78 is 11.3. The van der Waals surface area contributed by atoms with E-state index in [-0.39, 0.29) is 36.4 Å². The van der Waals surface area contributed by atoms with Gasteiger partial charge in [0, 0.05) is 49.8 Å². The molecule has 0 aliphatic carbocycles. The van der Waals surface area contributed by atoms with Crippen LogP contribution in [0.1, 0.15) is 42.5 Å². The van der Waals surface area contributed by atoms with Crippen LogP contribution in [-0.4, -0.2) is 83.6 Å². The normalized spacial score (nSPS) is 25.6. The molecule has 2 unspecified atom stereocenters. The maximum absolute atomic E-state index is 13.0. The first-order valence-corrected chi connectivity index (χ1v) is 12.9. The molecule has 10 heteroatoms. The Labute approximate surface area is 203 Å². The molecule has 0 saturated carbocycles. The SMILES string of the molecule is O=C(CC1SC(N2CCCC2)=NC1=O)Nc1ccc(C(=O)N2CCCC(C3OCCO3)C2)cc1. The van der Waals surface area contributed by atoms with Crippen LogP contribution in [0.4, 0.5) is 5.69 Å². The number of carbonyl (C=O) groups excluding carboxylic acids is 3. The van der Waals surface area contributed by atoms with Crippen LogP contribution in [0, 0.1) is 5.92 Å². The van der Waals surface area contributed by atoms with E-state index >= 15 is 0 Å². The predicted octanol–water partition coefficient (Wildman–Crippen LogP) is 2.33. The number of amidine groups is 1. The summed E-state index contributed by atoms with van der Waals surface area (Å²) in [6.45, 7) is 4.41. The van der Waals surface area contributed by atoms with E-state index in [2.05, 4.69) is 15.2 Å². The summed E-state index contributed by atoms with van der Waals surface area (Å²) in [7, 11) is 0. The van der Waals surface area contributed by atoms with E-state index in [1.807, 2.05) is 4.90 Å². The number of benzene rings is 1. The minimum absolute atomic E-state index is 0.0277. The highest BCUT2D eigenvalue weighted by Crippen LogP contribution is 2.29. The van der Waals surface area contributed by atoms with Gasteiger partial charge < -0.3 is 24.6 Å². The van der Waals surface area contributed by atoms with Crippen molar-refractivity contribution in [3.8, 4) is 0 Å². The number of anilines is 1. The van der Waals surface area contributed by atoms with E-state index in [1.54, 1.807) is 24.3 Å². The number of piperidine rings is 1. The maximum atomic E-state index is 13.0. The van der Waals surface area contributed by atoms with E-state index in [1.165, 1.54) is 11.8 Å². The van der Waals surface area contributed by atoms with Gasteiger partial charge in [0.25, 0.3) is 11.8 Å². The summed E-state index contributed by atoms with van der Waals surface area (Å²) in [4.78, 5) is 45.9. The van der Waals surface area contributed by atoms with Crippen molar-refractivity contribution in [1.29, 1.82) is 0 Å². The van der Waals surface area contributed by atoms with E-state index in [9.17, 15) is 14.4 Å². The Balaban J connectivity index is 1.12. The van der Waals surface area contributed by atoms with Gasteiger partial charge in [0.05, 0.1) is 13.2 Å². The standard InChI is InChI=1S/C24H30N4O5S/c29-20(14-19-21(30)26-24(34-19)27-9-1-2-10-27)25-18-7-5-16(6-8-18)22(31)28-11-3-4-17(15-28)23-32-12-13-33-23/h5-8,17,19,23H,1-4,9-15H2,(H,25,29). The maximum Gasteiger partial charge on any atom is 0.262 e. The second-order valence-electron chi connectivity index (χ2n) is 9.13. The minimum Gasteiger partial charge on any atom is -0.351 e. The van der Waals surface area contributed by atoms with Gasteiger partial charge in [0.15, 0.2) is 11.5 Å². The lowest BCUT2D eigenvalue weighted by Gasteiger charge is -2.34. The first kappa shape index (κ1) is 23.3. The van der Waals surface area contributed by atoms with Gasteiger partial charge in [-0.1, -0.05) is 11.8 Å². The van der Waals surface area contributed by atoms with Crippen molar-refractivity contribution < 1.29 is 23.9 Å². The summed E-state index contributed by atoms with van der Waals surface area (Å²) in [6.07, 6.45) is 4.00. The monoisotopic (exact) mass is 486 g/mol. The highest BCUT2D eigenvalue weighted by Gasteiger charge is 2.34. The number of hydrogen-bond donors (Lipinski definition) is 1. The summed E-state index contributed by atoms with van der Waals surface area (Å²) in [5, 5.41) is 3.11. The smallest absolute Gasteiger partial charge is 0.262 e. The molecule has 0 radical (unpaired) electrons. The number of rotatable bonds is 5. The first-order chi connectivity index (χ1) is 16.6. The molecule has 9 nitrogen and oxygen atoms in total. The molecule has 4 aliphatic rings. The van der Waals surface area contributed by atoms with Crippen LogP contribution >= 0.6 is 11.8 Å². The van der Waals surface area contributed by atoms with Crippen LogP contribution in [0.25, 0.3) is 0 Å². The summed E-state index contributed by atoms with van der Waals surface area (Å²) in [5.41, 5.74) is 1.18. The van der Waals surface area contributed by atoms with Gasteiger partial charge in [-0.3, -0.25) is 14.4 Å². The van der Waals surface area contributed by atoms with Crippen LogP contribution in [0.2, 0.25) is 0 Å². The van der Waals surface area contributed by atoms with Crippen molar-refractivity contribution in [1.82, 2.24) is 9.80 Å². The van der Waals surface area contributed by atoms with Gasteiger partial charge in [-0.2, -0.15) is 4.99 Å². The van der Waals surface area contributed by atoms with Crippen molar-refractivity contribution in [3.63, 3.8) is 0 Å². The molecular weight excluding hydrogens is 456 g/mol. The highest BCUT2D eigenvalue weighted by atomic mass is 32.2. The van der Waals surface area contributed by atoms with Gasteiger partial charge >= 0.3 is 0 Å². The molecule has 0 aromatic heterocycles. The molecule has 0 bridgehead atoms. The second-order valence-corrected chi connectivity index (χ2v) is 10.3. The van der Waals surface area contributed by atoms with Gasteiger partial charge in [-0.05, 0) is 49.9 Å². The van der Waals surface area contributed by atoms with Gasteiger partial charge in [0.1, 0.15) is 5.25 Å².